The minimum Gasteiger partial charge on any atom is -0.409 e. The summed E-state index contributed by atoms with van der Waals surface area (Å²) in [6, 6.07) is 5.71. The zero-order chi connectivity index (χ0) is 15.1. The van der Waals surface area contributed by atoms with E-state index in [2.05, 4.69) is 20.1 Å². The fourth-order valence-corrected chi connectivity index (χ4v) is 1.85. The van der Waals surface area contributed by atoms with Gasteiger partial charge in [0.05, 0.1) is 0 Å². The van der Waals surface area contributed by atoms with Crippen LogP contribution in [0.15, 0.2) is 41.9 Å². The number of nitrogens with two attached hydrogens (primary N) is 1. The van der Waals surface area contributed by atoms with Crippen molar-refractivity contribution in [3.63, 3.8) is 0 Å². The molecule has 0 amide bonds. The van der Waals surface area contributed by atoms with Crippen molar-refractivity contribution in [2.75, 3.05) is 11.4 Å². The van der Waals surface area contributed by atoms with Gasteiger partial charge in [0.2, 0.25) is 5.95 Å². The highest BCUT2D eigenvalue weighted by Crippen LogP contribution is 2.12. The molecule has 2 heterocycles. The Hall–Kier alpha value is -2.70. The molecule has 0 bridgehead atoms. The molecule has 110 valence electrons. The molecule has 2 rings (SSSR count). The van der Waals surface area contributed by atoms with Crippen LogP contribution >= 0.6 is 0 Å². The Kier molecular flexibility index (Phi) is 5.03. The molecule has 0 saturated carbocycles. The van der Waals surface area contributed by atoms with Gasteiger partial charge in [-0.2, -0.15) is 0 Å². The summed E-state index contributed by atoms with van der Waals surface area (Å²) in [5.41, 5.74) is 7.48. The molecule has 0 fully saturated rings. The standard InChI is InChI=1S/C14H18N6O/c1-11-4-7-17-14(18-11)20(8-5-13(15)19-21)10-12-3-2-6-16-9-12/h2-4,6-7,9,21H,5,8,10H2,1H3,(H2,15,19). The van der Waals surface area contributed by atoms with Crippen molar-refractivity contribution in [2.45, 2.75) is 19.9 Å². The number of anilines is 1. The smallest absolute Gasteiger partial charge is 0.225 e. The number of nitrogens with zero attached hydrogens (tertiary/aromatic N) is 5. The molecule has 0 aliphatic rings. The van der Waals surface area contributed by atoms with E-state index in [9.17, 15) is 0 Å². The monoisotopic (exact) mass is 286 g/mol. The third-order valence-electron chi connectivity index (χ3n) is 2.93. The molecule has 7 heteroatoms. The first-order valence-corrected chi connectivity index (χ1v) is 6.59. The number of hydrogen-bond donors (Lipinski definition) is 2. The molecule has 0 aliphatic heterocycles. The van der Waals surface area contributed by atoms with Gasteiger partial charge in [0.1, 0.15) is 5.84 Å². The zero-order valence-electron chi connectivity index (χ0n) is 11.8. The lowest BCUT2D eigenvalue weighted by molar-refractivity contribution is 0.317. The van der Waals surface area contributed by atoms with Crippen LogP contribution in [0.5, 0.6) is 0 Å². The molecule has 0 aliphatic carbocycles. The van der Waals surface area contributed by atoms with Gasteiger partial charge in [-0.1, -0.05) is 11.2 Å². The quantitative estimate of drug-likeness (QED) is 0.359. The van der Waals surface area contributed by atoms with E-state index in [-0.39, 0.29) is 5.84 Å². The molecule has 0 aromatic carbocycles. The summed E-state index contributed by atoms with van der Waals surface area (Å²) in [6.07, 6.45) is 5.67. The van der Waals surface area contributed by atoms with E-state index in [0.29, 0.717) is 25.5 Å². The highest BCUT2D eigenvalue weighted by molar-refractivity contribution is 5.80. The summed E-state index contributed by atoms with van der Waals surface area (Å²) in [4.78, 5) is 14.8. The van der Waals surface area contributed by atoms with Crippen LogP contribution in [0.4, 0.5) is 5.95 Å². The van der Waals surface area contributed by atoms with E-state index >= 15 is 0 Å². The van der Waals surface area contributed by atoms with E-state index in [1.54, 1.807) is 18.6 Å². The first-order chi connectivity index (χ1) is 10.2. The molecule has 0 radical (unpaired) electrons. The molecule has 2 aromatic rings. The minimum atomic E-state index is 0.179. The Balaban J connectivity index is 2.17. The lowest BCUT2D eigenvalue weighted by atomic mass is 10.2. The zero-order valence-corrected chi connectivity index (χ0v) is 11.8. The maximum Gasteiger partial charge on any atom is 0.225 e. The average molecular weight is 286 g/mol. The molecule has 0 atom stereocenters. The van der Waals surface area contributed by atoms with Crippen LogP contribution in [-0.4, -0.2) is 32.5 Å². The molecule has 7 nitrogen and oxygen atoms in total. The van der Waals surface area contributed by atoms with Crippen molar-refractivity contribution in [1.29, 1.82) is 0 Å². The van der Waals surface area contributed by atoms with Crippen molar-refractivity contribution in [3.8, 4) is 0 Å². The van der Waals surface area contributed by atoms with Crippen molar-refractivity contribution in [3.05, 3.63) is 48.0 Å². The molecule has 0 saturated heterocycles. The van der Waals surface area contributed by atoms with Gasteiger partial charge in [0.15, 0.2) is 0 Å². The second-order valence-corrected chi connectivity index (χ2v) is 4.62. The Bertz CT molecular complexity index is 601. The van der Waals surface area contributed by atoms with Gasteiger partial charge in [0, 0.05) is 43.8 Å². The molecule has 3 N–H and O–H groups in total. The molecule has 0 unspecified atom stereocenters. The van der Waals surface area contributed by atoms with Crippen molar-refractivity contribution in [2.24, 2.45) is 10.9 Å². The van der Waals surface area contributed by atoms with Gasteiger partial charge in [-0.25, -0.2) is 9.97 Å². The molecular formula is C14H18N6O. The summed E-state index contributed by atoms with van der Waals surface area (Å²) < 4.78 is 0. The molecule has 21 heavy (non-hydrogen) atoms. The fourth-order valence-electron chi connectivity index (χ4n) is 1.85. The van der Waals surface area contributed by atoms with Crippen molar-refractivity contribution < 1.29 is 5.21 Å². The third-order valence-corrected chi connectivity index (χ3v) is 2.93. The summed E-state index contributed by atoms with van der Waals surface area (Å²) in [6.45, 7) is 3.07. The van der Waals surface area contributed by atoms with E-state index < -0.39 is 0 Å². The Morgan fingerprint density at radius 1 is 1.38 bits per heavy atom. The van der Waals surface area contributed by atoms with E-state index in [4.69, 9.17) is 10.9 Å². The first-order valence-electron chi connectivity index (χ1n) is 6.59. The van der Waals surface area contributed by atoms with Gasteiger partial charge in [-0.05, 0) is 24.6 Å². The molecule has 0 spiro atoms. The van der Waals surface area contributed by atoms with Crippen LogP contribution in [0.1, 0.15) is 17.7 Å². The summed E-state index contributed by atoms with van der Waals surface area (Å²) >= 11 is 0. The van der Waals surface area contributed by atoms with E-state index in [1.165, 1.54) is 0 Å². The van der Waals surface area contributed by atoms with Crippen LogP contribution in [0.25, 0.3) is 0 Å². The van der Waals surface area contributed by atoms with E-state index in [0.717, 1.165) is 11.3 Å². The topological polar surface area (TPSA) is 101 Å². The lowest BCUT2D eigenvalue weighted by Crippen LogP contribution is -2.29. The van der Waals surface area contributed by atoms with Crippen LogP contribution in [-0.2, 0) is 6.54 Å². The molecular weight excluding hydrogens is 268 g/mol. The number of hydrogen-bond acceptors (Lipinski definition) is 6. The maximum atomic E-state index is 8.66. The van der Waals surface area contributed by atoms with Gasteiger partial charge < -0.3 is 15.8 Å². The maximum absolute atomic E-state index is 8.66. The van der Waals surface area contributed by atoms with Crippen LogP contribution in [0, 0.1) is 6.92 Å². The minimum absolute atomic E-state index is 0.179. The largest absolute Gasteiger partial charge is 0.409 e. The summed E-state index contributed by atoms with van der Waals surface area (Å²) in [5, 5.41) is 11.6. The van der Waals surface area contributed by atoms with Gasteiger partial charge in [-0.15, -0.1) is 0 Å². The summed E-state index contributed by atoms with van der Waals surface area (Å²) in [7, 11) is 0. The number of pyridine rings is 1. The number of rotatable bonds is 6. The predicted molar refractivity (Wildman–Crippen MR) is 80.1 cm³/mol. The Labute approximate surface area is 123 Å². The SMILES string of the molecule is Cc1ccnc(N(CCC(N)=NO)Cc2cccnc2)n1. The number of oxime groups is 1. The summed E-state index contributed by atoms with van der Waals surface area (Å²) in [5.74, 6) is 0.795. The predicted octanol–water partition coefficient (Wildman–Crippen LogP) is 1.32. The molecule has 2 aromatic heterocycles. The van der Waals surface area contributed by atoms with Gasteiger partial charge >= 0.3 is 0 Å². The van der Waals surface area contributed by atoms with Gasteiger partial charge in [-0.3, -0.25) is 4.98 Å². The number of amidine groups is 1. The van der Waals surface area contributed by atoms with Crippen LogP contribution in [0.2, 0.25) is 0 Å². The fraction of sp³-hybridized carbons (Fsp3) is 0.286. The van der Waals surface area contributed by atoms with Crippen LogP contribution in [0.3, 0.4) is 0 Å². The third kappa shape index (κ3) is 4.41. The van der Waals surface area contributed by atoms with Crippen molar-refractivity contribution >= 4 is 11.8 Å². The normalized spacial score (nSPS) is 11.4. The first kappa shape index (κ1) is 14.7. The van der Waals surface area contributed by atoms with Crippen molar-refractivity contribution in [1.82, 2.24) is 15.0 Å². The Morgan fingerprint density at radius 2 is 2.24 bits per heavy atom. The van der Waals surface area contributed by atoms with E-state index in [1.807, 2.05) is 30.0 Å². The van der Waals surface area contributed by atoms with Gasteiger partial charge in [0.25, 0.3) is 0 Å². The highest BCUT2D eigenvalue weighted by atomic mass is 16.4. The average Bonchev–Trinajstić information content (AvgIpc) is 2.52. The number of aromatic nitrogens is 3. The Morgan fingerprint density at radius 3 is 2.90 bits per heavy atom. The second-order valence-electron chi connectivity index (χ2n) is 4.62. The lowest BCUT2D eigenvalue weighted by Gasteiger charge is -2.22. The highest BCUT2D eigenvalue weighted by Gasteiger charge is 2.11. The van der Waals surface area contributed by atoms with Crippen LogP contribution < -0.4 is 10.6 Å². The second kappa shape index (κ2) is 7.18. The number of aryl methyl sites for hydroxylation is 1.